The van der Waals surface area contributed by atoms with Crippen LogP contribution in [0.2, 0.25) is 0 Å². The summed E-state index contributed by atoms with van der Waals surface area (Å²) in [5, 5.41) is 13.6. The van der Waals surface area contributed by atoms with E-state index in [1.54, 1.807) is 0 Å². The van der Waals surface area contributed by atoms with Gasteiger partial charge in [-0.3, -0.25) is 14.5 Å². The quantitative estimate of drug-likeness (QED) is 0.744. The Morgan fingerprint density at radius 2 is 2.10 bits per heavy atom. The van der Waals surface area contributed by atoms with Gasteiger partial charge in [0.05, 0.1) is 18.7 Å². The number of hydrogen-bond acceptors (Lipinski definition) is 5. The van der Waals surface area contributed by atoms with Crippen LogP contribution in [0.4, 0.5) is 4.39 Å². The lowest BCUT2D eigenvalue weighted by Crippen LogP contribution is -2.39. The molecule has 2 aliphatic heterocycles. The largest absolute Gasteiger partial charge is 0.506 e. The number of morpholine rings is 1. The number of aromatic nitrogens is 1. The number of amides is 1. The normalized spacial score (nSPS) is 19.4. The average molecular weight is 403 g/mol. The summed E-state index contributed by atoms with van der Waals surface area (Å²) in [4.78, 5) is 28.1. The summed E-state index contributed by atoms with van der Waals surface area (Å²) in [6.07, 6.45) is 2.03. The lowest BCUT2D eigenvalue weighted by Gasteiger charge is -2.27. The molecular formula is C21H26FN3O4. The molecule has 0 aliphatic carbocycles. The second-order valence-corrected chi connectivity index (χ2v) is 7.81. The van der Waals surface area contributed by atoms with E-state index in [9.17, 15) is 19.1 Å². The molecular weight excluding hydrogens is 377 g/mol. The zero-order valence-electron chi connectivity index (χ0n) is 16.5. The average Bonchev–Trinajstić information content (AvgIpc) is 2.71. The summed E-state index contributed by atoms with van der Waals surface area (Å²) in [5.41, 5.74) is 0.370. The van der Waals surface area contributed by atoms with Crippen LogP contribution in [0.15, 0.2) is 16.9 Å². The van der Waals surface area contributed by atoms with Crippen LogP contribution < -0.4 is 10.9 Å². The van der Waals surface area contributed by atoms with E-state index in [1.807, 2.05) is 6.92 Å². The first kappa shape index (κ1) is 19.8. The molecule has 3 heterocycles. The molecule has 0 unspecified atom stereocenters. The number of benzene rings is 1. The van der Waals surface area contributed by atoms with Crippen LogP contribution in [0.25, 0.3) is 10.9 Å². The molecule has 2 N–H and O–H groups in total. The maximum absolute atomic E-state index is 14.1. The molecule has 1 aromatic carbocycles. The molecule has 156 valence electrons. The highest BCUT2D eigenvalue weighted by Crippen LogP contribution is 2.35. The molecule has 0 radical (unpaired) electrons. The van der Waals surface area contributed by atoms with Gasteiger partial charge >= 0.3 is 0 Å². The molecule has 2 aliphatic rings. The van der Waals surface area contributed by atoms with E-state index in [0.717, 1.165) is 26.1 Å². The molecule has 0 spiro atoms. The molecule has 8 heteroatoms. The number of nitrogens with zero attached hydrogens (tertiary/aromatic N) is 2. The fourth-order valence-corrected chi connectivity index (χ4v) is 4.31. The molecule has 1 atom stereocenters. The first-order chi connectivity index (χ1) is 14.0. The van der Waals surface area contributed by atoms with Gasteiger partial charge in [0.1, 0.15) is 17.1 Å². The van der Waals surface area contributed by atoms with Gasteiger partial charge in [0, 0.05) is 31.1 Å². The van der Waals surface area contributed by atoms with Gasteiger partial charge < -0.3 is 19.7 Å². The molecule has 0 bridgehead atoms. The molecule has 1 fully saturated rings. The fourth-order valence-electron chi connectivity index (χ4n) is 4.31. The summed E-state index contributed by atoms with van der Waals surface area (Å²) in [5.74, 6) is -1.55. The van der Waals surface area contributed by atoms with Crippen molar-refractivity contribution in [2.75, 3.05) is 39.4 Å². The van der Waals surface area contributed by atoms with E-state index in [1.165, 1.54) is 16.7 Å². The van der Waals surface area contributed by atoms with Gasteiger partial charge in [-0.2, -0.15) is 0 Å². The van der Waals surface area contributed by atoms with Gasteiger partial charge in [-0.05, 0) is 50.4 Å². The highest BCUT2D eigenvalue weighted by molar-refractivity contribution is 6.03. The molecule has 1 aromatic heterocycles. The predicted molar refractivity (Wildman–Crippen MR) is 107 cm³/mol. The molecule has 4 rings (SSSR count). The van der Waals surface area contributed by atoms with Crippen molar-refractivity contribution in [1.82, 2.24) is 14.8 Å². The number of hydrogen-bond donors (Lipinski definition) is 2. The molecule has 7 nitrogen and oxygen atoms in total. The Kier molecular flexibility index (Phi) is 5.56. The summed E-state index contributed by atoms with van der Waals surface area (Å²) >= 11 is 0. The van der Waals surface area contributed by atoms with Gasteiger partial charge in [0.2, 0.25) is 0 Å². The summed E-state index contributed by atoms with van der Waals surface area (Å²) in [7, 11) is 0. The van der Waals surface area contributed by atoms with Gasteiger partial charge in [0.25, 0.3) is 11.5 Å². The fraction of sp³-hybridized carbons (Fsp3) is 0.524. The lowest BCUT2D eigenvalue weighted by atomic mass is 9.95. The van der Waals surface area contributed by atoms with Crippen LogP contribution in [0.5, 0.6) is 5.75 Å². The van der Waals surface area contributed by atoms with Gasteiger partial charge in [-0.25, -0.2) is 4.39 Å². The third-order valence-corrected chi connectivity index (χ3v) is 5.86. The van der Waals surface area contributed by atoms with Crippen LogP contribution in [-0.4, -0.2) is 59.9 Å². The van der Waals surface area contributed by atoms with Crippen molar-refractivity contribution in [3.63, 3.8) is 0 Å². The molecule has 1 saturated heterocycles. The first-order valence-corrected chi connectivity index (χ1v) is 10.1. The summed E-state index contributed by atoms with van der Waals surface area (Å²) in [6, 6.07) is 2.46. The Morgan fingerprint density at radius 3 is 2.86 bits per heavy atom. The Labute approximate surface area is 168 Å². The van der Waals surface area contributed by atoms with Gasteiger partial charge in [-0.15, -0.1) is 0 Å². The molecule has 29 heavy (non-hydrogen) atoms. The van der Waals surface area contributed by atoms with E-state index in [4.69, 9.17) is 4.74 Å². The van der Waals surface area contributed by atoms with Crippen LogP contribution >= 0.6 is 0 Å². The van der Waals surface area contributed by atoms with Crippen LogP contribution in [0, 0.1) is 5.82 Å². The van der Waals surface area contributed by atoms with Gasteiger partial charge in [0.15, 0.2) is 0 Å². The summed E-state index contributed by atoms with van der Waals surface area (Å²) < 4.78 is 20.9. The van der Waals surface area contributed by atoms with Crippen LogP contribution in [-0.2, 0) is 11.2 Å². The zero-order chi connectivity index (χ0) is 20.5. The van der Waals surface area contributed by atoms with Crippen LogP contribution in [0.1, 0.15) is 41.7 Å². The Balaban J connectivity index is 1.58. The molecule has 0 saturated carbocycles. The first-order valence-electron chi connectivity index (χ1n) is 10.1. The standard InChI is InChI=1S/C21H26FN3O4/c1-13-3-4-14-11-15(22)12-16-18(14)25(13)21(28)17(19(16)26)20(27)23-5-2-6-24-7-9-29-10-8-24/h11-13,26H,2-10H2,1H3,(H,23,27)/t13-/m1/s1. The second kappa shape index (κ2) is 8.12. The number of carbonyl (C=O) groups is 1. The number of pyridine rings is 1. The van der Waals surface area contributed by atoms with Gasteiger partial charge in [-0.1, -0.05) is 0 Å². The Hall–Kier alpha value is -2.45. The topological polar surface area (TPSA) is 83.8 Å². The molecule has 2 aromatic rings. The van der Waals surface area contributed by atoms with Crippen molar-refractivity contribution in [2.45, 2.75) is 32.2 Å². The van der Waals surface area contributed by atoms with E-state index >= 15 is 0 Å². The van der Waals surface area contributed by atoms with Crippen molar-refractivity contribution in [3.8, 4) is 5.75 Å². The van der Waals surface area contributed by atoms with E-state index in [2.05, 4.69) is 10.2 Å². The number of aromatic hydroxyl groups is 1. The highest BCUT2D eigenvalue weighted by Gasteiger charge is 2.28. The SMILES string of the molecule is C[C@@H]1CCc2cc(F)cc3c(O)c(C(=O)NCCCN4CCOCC4)c(=O)n1c23. The number of nitrogens with one attached hydrogen (secondary N) is 1. The smallest absolute Gasteiger partial charge is 0.267 e. The summed E-state index contributed by atoms with van der Waals surface area (Å²) in [6.45, 7) is 6.28. The number of rotatable bonds is 5. The number of aryl methyl sites for hydroxylation is 1. The lowest BCUT2D eigenvalue weighted by molar-refractivity contribution is 0.0374. The minimum Gasteiger partial charge on any atom is -0.506 e. The maximum Gasteiger partial charge on any atom is 0.267 e. The third kappa shape index (κ3) is 3.74. The van der Waals surface area contributed by atoms with E-state index < -0.39 is 23.0 Å². The van der Waals surface area contributed by atoms with Crippen molar-refractivity contribution >= 4 is 16.8 Å². The number of carbonyl (C=O) groups excluding carboxylic acids is 1. The minimum absolute atomic E-state index is 0.128. The van der Waals surface area contributed by atoms with Crippen molar-refractivity contribution in [2.24, 2.45) is 0 Å². The molecule has 1 amide bonds. The minimum atomic E-state index is -0.622. The predicted octanol–water partition coefficient (Wildman–Crippen LogP) is 1.81. The maximum atomic E-state index is 14.1. The van der Waals surface area contributed by atoms with E-state index in [0.29, 0.717) is 43.7 Å². The van der Waals surface area contributed by atoms with Crippen molar-refractivity contribution in [3.05, 3.63) is 39.4 Å². The highest BCUT2D eigenvalue weighted by atomic mass is 19.1. The van der Waals surface area contributed by atoms with E-state index in [-0.39, 0.29) is 17.0 Å². The van der Waals surface area contributed by atoms with Crippen LogP contribution in [0.3, 0.4) is 0 Å². The van der Waals surface area contributed by atoms with Crippen molar-refractivity contribution < 1.29 is 19.0 Å². The van der Waals surface area contributed by atoms with Crippen molar-refractivity contribution in [1.29, 1.82) is 0 Å². The second-order valence-electron chi connectivity index (χ2n) is 7.81. The Morgan fingerprint density at radius 1 is 1.34 bits per heavy atom. The zero-order valence-corrected chi connectivity index (χ0v) is 16.5. The monoisotopic (exact) mass is 403 g/mol. The third-order valence-electron chi connectivity index (χ3n) is 5.86. The number of ether oxygens (including phenoxy) is 1. The number of halogens is 1. The Bertz CT molecular complexity index is 998.